The summed E-state index contributed by atoms with van der Waals surface area (Å²) in [5.41, 5.74) is 2.96. The summed E-state index contributed by atoms with van der Waals surface area (Å²) in [5.74, 6) is -0.500. The highest BCUT2D eigenvalue weighted by atomic mass is 35.5. The third-order valence-electron chi connectivity index (χ3n) is 3.76. The van der Waals surface area contributed by atoms with Crippen molar-refractivity contribution in [3.8, 4) is 17.0 Å². The van der Waals surface area contributed by atoms with Crippen molar-refractivity contribution in [3.63, 3.8) is 0 Å². The van der Waals surface area contributed by atoms with Crippen molar-refractivity contribution in [1.29, 1.82) is 0 Å². The lowest BCUT2D eigenvalue weighted by molar-refractivity contribution is 0.0949. The molecule has 0 aliphatic heterocycles. The molecule has 0 fully saturated rings. The summed E-state index contributed by atoms with van der Waals surface area (Å²) in [6.45, 7) is 2.35. The van der Waals surface area contributed by atoms with Gasteiger partial charge >= 0.3 is 5.69 Å². The van der Waals surface area contributed by atoms with Crippen LogP contribution in [-0.4, -0.2) is 28.7 Å². The average molecular weight is 415 g/mol. The minimum absolute atomic E-state index is 0.0359. The van der Waals surface area contributed by atoms with Crippen LogP contribution in [-0.2, 0) is 0 Å². The number of aromatic amines is 1. The average Bonchev–Trinajstić information content (AvgIpc) is 2.70. The molecule has 0 saturated heterocycles. The zero-order valence-electron chi connectivity index (χ0n) is 15.3. The molecule has 9 heteroatoms. The fourth-order valence-electron chi connectivity index (χ4n) is 2.44. The van der Waals surface area contributed by atoms with Gasteiger partial charge in [-0.15, -0.1) is 0 Å². The number of rotatable bonds is 6. The van der Waals surface area contributed by atoms with Crippen LogP contribution in [0.3, 0.4) is 0 Å². The van der Waals surface area contributed by atoms with Crippen LogP contribution in [0.1, 0.15) is 23.0 Å². The van der Waals surface area contributed by atoms with Crippen molar-refractivity contribution in [2.75, 3.05) is 6.61 Å². The number of benzene rings is 2. The number of carbonyl (C=O) groups is 1. The van der Waals surface area contributed by atoms with Crippen LogP contribution >= 0.6 is 11.6 Å². The second kappa shape index (κ2) is 9.11. The van der Waals surface area contributed by atoms with Crippen molar-refractivity contribution in [3.05, 3.63) is 81.1 Å². The molecule has 2 N–H and O–H groups in total. The Kier molecular flexibility index (Phi) is 6.36. The van der Waals surface area contributed by atoms with Crippen molar-refractivity contribution < 1.29 is 13.9 Å². The third kappa shape index (κ3) is 5.26. The minimum atomic E-state index is -0.709. The molecule has 0 aliphatic rings. The van der Waals surface area contributed by atoms with Crippen LogP contribution in [0.2, 0.25) is 5.02 Å². The van der Waals surface area contributed by atoms with Gasteiger partial charge < -0.3 is 9.72 Å². The number of ether oxygens (including phenoxy) is 1. The molecular formula is C20H16ClFN4O3. The summed E-state index contributed by atoms with van der Waals surface area (Å²) >= 11 is 6.10. The highest BCUT2D eigenvalue weighted by Crippen LogP contribution is 2.24. The van der Waals surface area contributed by atoms with Gasteiger partial charge in [-0.3, -0.25) is 4.79 Å². The third-order valence-corrected chi connectivity index (χ3v) is 4.06. The van der Waals surface area contributed by atoms with Gasteiger partial charge in [0.25, 0.3) is 5.91 Å². The number of nitrogens with zero attached hydrogens (tertiary/aromatic N) is 2. The van der Waals surface area contributed by atoms with Crippen LogP contribution in [0.5, 0.6) is 5.75 Å². The second-order valence-electron chi connectivity index (χ2n) is 5.81. The molecule has 7 nitrogen and oxygen atoms in total. The monoisotopic (exact) mass is 414 g/mol. The second-order valence-corrected chi connectivity index (χ2v) is 6.22. The molecule has 29 heavy (non-hydrogen) atoms. The number of aromatic nitrogens is 2. The molecule has 1 heterocycles. The molecule has 0 saturated carbocycles. The molecule has 1 aromatic heterocycles. The van der Waals surface area contributed by atoms with E-state index in [0.29, 0.717) is 28.5 Å². The summed E-state index contributed by atoms with van der Waals surface area (Å²) < 4.78 is 18.4. The van der Waals surface area contributed by atoms with Gasteiger partial charge in [0.05, 0.1) is 23.5 Å². The first-order chi connectivity index (χ1) is 14.0. The maximum absolute atomic E-state index is 13.1. The quantitative estimate of drug-likeness (QED) is 0.477. The van der Waals surface area contributed by atoms with E-state index < -0.39 is 17.4 Å². The van der Waals surface area contributed by atoms with Gasteiger partial charge in [-0.05, 0) is 61.0 Å². The molecule has 0 radical (unpaired) electrons. The van der Waals surface area contributed by atoms with Crippen molar-refractivity contribution >= 4 is 23.7 Å². The molecule has 0 bridgehead atoms. The van der Waals surface area contributed by atoms with E-state index in [-0.39, 0.29) is 11.4 Å². The van der Waals surface area contributed by atoms with Gasteiger partial charge in [0.1, 0.15) is 17.3 Å². The van der Waals surface area contributed by atoms with Crippen LogP contribution in [0, 0.1) is 5.82 Å². The van der Waals surface area contributed by atoms with E-state index >= 15 is 0 Å². The maximum Gasteiger partial charge on any atom is 0.346 e. The van der Waals surface area contributed by atoms with Crippen molar-refractivity contribution in [2.45, 2.75) is 6.92 Å². The minimum Gasteiger partial charge on any atom is -0.492 e. The standard InChI is InChI=1S/C20H16ClFN4O3/c1-2-29-18-8-3-12(9-15(18)21)11-23-26-19(27)17-10-16(24-20(28)25-17)13-4-6-14(22)7-5-13/h3-11H,2H2,1H3,(H,26,27)(H,24,25,28)/b23-11+. The normalized spacial score (nSPS) is 10.9. The number of halogens is 2. The van der Waals surface area contributed by atoms with Gasteiger partial charge in [0.15, 0.2) is 0 Å². The smallest absolute Gasteiger partial charge is 0.346 e. The Morgan fingerprint density at radius 3 is 2.72 bits per heavy atom. The van der Waals surface area contributed by atoms with Gasteiger partial charge in [-0.2, -0.15) is 10.1 Å². The number of H-pyrrole nitrogens is 1. The first kappa shape index (κ1) is 20.2. The van der Waals surface area contributed by atoms with Crippen molar-refractivity contribution in [1.82, 2.24) is 15.4 Å². The molecule has 148 valence electrons. The molecule has 0 aliphatic carbocycles. The van der Waals surface area contributed by atoms with Gasteiger partial charge in [-0.1, -0.05) is 11.6 Å². The molecule has 0 unspecified atom stereocenters. The molecule has 2 aromatic carbocycles. The van der Waals surface area contributed by atoms with Gasteiger partial charge in [-0.25, -0.2) is 14.6 Å². The zero-order chi connectivity index (χ0) is 20.8. The molecule has 1 amide bonds. The number of nitrogens with one attached hydrogen (secondary N) is 2. The number of hydrogen-bond acceptors (Lipinski definition) is 5. The fourth-order valence-corrected chi connectivity index (χ4v) is 2.69. The molecule has 3 rings (SSSR count). The van der Waals surface area contributed by atoms with E-state index in [1.807, 2.05) is 6.92 Å². The Morgan fingerprint density at radius 2 is 2.03 bits per heavy atom. The van der Waals surface area contributed by atoms with E-state index in [2.05, 4.69) is 20.5 Å². The van der Waals surface area contributed by atoms with Crippen LogP contribution in [0.25, 0.3) is 11.3 Å². The fraction of sp³-hybridized carbons (Fsp3) is 0.100. The topological polar surface area (TPSA) is 96.4 Å². The summed E-state index contributed by atoms with van der Waals surface area (Å²) in [7, 11) is 0. The predicted molar refractivity (Wildman–Crippen MR) is 108 cm³/mol. The number of hydrazone groups is 1. The van der Waals surface area contributed by atoms with Crippen LogP contribution in [0.4, 0.5) is 4.39 Å². The van der Waals surface area contributed by atoms with E-state index in [1.165, 1.54) is 36.5 Å². The van der Waals surface area contributed by atoms with Gasteiger partial charge in [0, 0.05) is 5.56 Å². The molecule has 3 aromatic rings. The Balaban J connectivity index is 1.74. The summed E-state index contributed by atoms with van der Waals surface area (Å²) in [5, 5.41) is 4.28. The van der Waals surface area contributed by atoms with E-state index in [0.717, 1.165) is 0 Å². The van der Waals surface area contributed by atoms with E-state index in [9.17, 15) is 14.0 Å². The maximum atomic E-state index is 13.1. The predicted octanol–water partition coefficient (Wildman–Crippen LogP) is 3.39. The van der Waals surface area contributed by atoms with Crippen LogP contribution in [0.15, 0.2) is 58.4 Å². The highest BCUT2D eigenvalue weighted by Gasteiger charge is 2.10. The number of amides is 1. The molecular weight excluding hydrogens is 399 g/mol. The molecule has 0 spiro atoms. The lowest BCUT2D eigenvalue weighted by Crippen LogP contribution is -2.24. The number of hydrogen-bond donors (Lipinski definition) is 2. The summed E-state index contributed by atoms with van der Waals surface area (Å²) in [4.78, 5) is 30.2. The SMILES string of the molecule is CCOc1ccc(/C=N/NC(=O)c2cc(-c3ccc(F)cc3)nc(=O)[nH]2)cc1Cl. The Hall–Kier alpha value is -3.52. The largest absolute Gasteiger partial charge is 0.492 e. The Morgan fingerprint density at radius 1 is 1.28 bits per heavy atom. The number of carbonyl (C=O) groups excluding carboxylic acids is 1. The Bertz CT molecular complexity index is 1110. The van der Waals surface area contributed by atoms with Crippen LogP contribution < -0.4 is 15.9 Å². The summed E-state index contributed by atoms with van der Waals surface area (Å²) in [6.07, 6.45) is 1.40. The van der Waals surface area contributed by atoms with Crippen molar-refractivity contribution in [2.24, 2.45) is 5.10 Å². The first-order valence-corrected chi connectivity index (χ1v) is 8.97. The summed E-state index contributed by atoms with van der Waals surface area (Å²) in [6, 6.07) is 11.9. The zero-order valence-corrected chi connectivity index (χ0v) is 16.0. The Labute approximate surface area is 170 Å². The van der Waals surface area contributed by atoms with Gasteiger partial charge in [0.2, 0.25) is 0 Å². The lowest BCUT2D eigenvalue weighted by Gasteiger charge is -2.06. The van der Waals surface area contributed by atoms with E-state index in [1.54, 1.807) is 18.2 Å². The van der Waals surface area contributed by atoms with E-state index in [4.69, 9.17) is 16.3 Å². The molecule has 0 atom stereocenters. The highest BCUT2D eigenvalue weighted by molar-refractivity contribution is 6.32. The first-order valence-electron chi connectivity index (χ1n) is 8.59. The lowest BCUT2D eigenvalue weighted by atomic mass is 10.1.